The van der Waals surface area contributed by atoms with Gasteiger partial charge in [0.2, 0.25) is 0 Å². The number of rotatable bonds is 3. The molecule has 0 fully saturated rings. The van der Waals surface area contributed by atoms with Gasteiger partial charge < -0.3 is 9.84 Å². The van der Waals surface area contributed by atoms with Gasteiger partial charge in [-0.1, -0.05) is 0 Å². The van der Waals surface area contributed by atoms with Gasteiger partial charge >= 0.3 is 0 Å². The molecule has 0 saturated heterocycles. The summed E-state index contributed by atoms with van der Waals surface area (Å²) in [6.45, 7) is -0.510. The van der Waals surface area contributed by atoms with Gasteiger partial charge in [0.15, 0.2) is 0 Å². The monoisotopic (exact) mass is 267 g/mol. The van der Waals surface area contributed by atoms with Gasteiger partial charge in [0.1, 0.15) is 10.4 Å². The van der Waals surface area contributed by atoms with Crippen molar-refractivity contribution in [3.05, 3.63) is 21.9 Å². The van der Waals surface area contributed by atoms with Crippen molar-refractivity contribution in [1.29, 1.82) is 0 Å². The molecule has 0 aliphatic heterocycles. The van der Waals surface area contributed by atoms with E-state index in [4.69, 9.17) is 9.84 Å². The fraction of sp³-hybridized carbons (Fsp3) is 0.375. The van der Waals surface area contributed by atoms with Crippen LogP contribution in [0.25, 0.3) is 0 Å². The molecule has 0 amide bonds. The van der Waals surface area contributed by atoms with E-state index in [0.717, 1.165) is 0 Å². The highest BCUT2D eigenvalue weighted by atomic mass is 79.9. The fourth-order valence-electron chi connectivity index (χ4n) is 1.08. The number of aliphatic hydroxyl groups excluding tert-OH is 1. The Bertz CT molecular complexity index is 333. The van der Waals surface area contributed by atoms with E-state index in [1.54, 1.807) is 0 Å². The number of pyridine rings is 1. The molecule has 0 aromatic carbocycles. The second-order valence-corrected chi connectivity index (χ2v) is 3.22. The zero-order valence-corrected chi connectivity index (χ0v) is 8.88. The first-order chi connectivity index (χ1) is 6.61. The lowest BCUT2D eigenvalue weighted by Crippen LogP contribution is -2.01. The number of methoxy groups -OCH3 is 1. The summed E-state index contributed by atoms with van der Waals surface area (Å²) in [6, 6.07) is 0. The van der Waals surface area contributed by atoms with Gasteiger partial charge in [-0.2, -0.15) is 0 Å². The molecule has 78 valence electrons. The van der Waals surface area contributed by atoms with E-state index in [-0.39, 0.29) is 21.5 Å². The number of hydrogen-bond donors (Lipinski definition) is 1. The van der Waals surface area contributed by atoms with Crippen LogP contribution in [0.3, 0.4) is 0 Å². The maximum atomic E-state index is 12.6. The SMILES string of the molecule is COc1cnc(Br)c(C(F)F)c1CO. The number of nitrogens with zero attached hydrogens (tertiary/aromatic N) is 1. The summed E-state index contributed by atoms with van der Waals surface area (Å²) in [5.41, 5.74) is -0.267. The predicted molar refractivity (Wildman–Crippen MR) is 49.4 cm³/mol. The second-order valence-electron chi connectivity index (χ2n) is 2.47. The molecule has 0 atom stereocenters. The van der Waals surface area contributed by atoms with E-state index in [2.05, 4.69) is 20.9 Å². The van der Waals surface area contributed by atoms with Gasteiger partial charge in [-0.3, -0.25) is 0 Å². The number of aliphatic hydroxyl groups is 1. The molecule has 1 aromatic heterocycles. The normalized spacial score (nSPS) is 10.7. The van der Waals surface area contributed by atoms with Crippen molar-refractivity contribution in [2.24, 2.45) is 0 Å². The van der Waals surface area contributed by atoms with E-state index in [1.807, 2.05) is 0 Å². The highest BCUT2D eigenvalue weighted by Gasteiger charge is 2.20. The molecule has 0 unspecified atom stereocenters. The summed E-state index contributed by atoms with van der Waals surface area (Å²) in [5.74, 6) is 0.158. The quantitative estimate of drug-likeness (QED) is 0.855. The van der Waals surface area contributed by atoms with Crippen LogP contribution in [0.4, 0.5) is 8.78 Å². The minimum atomic E-state index is -2.70. The van der Waals surface area contributed by atoms with Crippen molar-refractivity contribution in [1.82, 2.24) is 4.98 Å². The standard InChI is InChI=1S/C8H8BrF2NO2/c1-14-5-2-12-7(9)6(8(10)11)4(5)3-13/h2,8,13H,3H2,1H3. The van der Waals surface area contributed by atoms with Gasteiger partial charge in [-0.25, -0.2) is 13.8 Å². The van der Waals surface area contributed by atoms with Gasteiger partial charge in [-0.05, 0) is 15.9 Å². The smallest absolute Gasteiger partial charge is 0.266 e. The van der Waals surface area contributed by atoms with E-state index >= 15 is 0 Å². The van der Waals surface area contributed by atoms with E-state index in [0.29, 0.717) is 0 Å². The third-order valence-corrected chi connectivity index (χ3v) is 2.37. The van der Waals surface area contributed by atoms with E-state index in [1.165, 1.54) is 13.3 Å². The molecule has 6 heteroatoms. The third kappa shape index (κ3) is 2.01. The van der Waals surface area contributed by atoms with Crippen LogP contribution in [0.15, 0.2) is 10.8 Å². The molecule has 0 aliphatic rings. The Morgan fingerprint density at radius 2 is 2.29 bits per heavy atom. The lowest BCUT2D eigenvalue weighted by molar-refractivity contribution is 0.144. The first-order valence-electron chi connectivity index (χ1n) is 3.72. The Kier molecular flexibility index (Phi) is 3.77. The maximum absolute atomic E-state index is 12.6. The van der Waals surface area contributed by atoms with Crippen LogP contribution in [0.2, 0.25) is 0 Å². The summed E-state index contributed by atoms with van der Waals surface area (Å²) >= 11 is 2.89. The Morgan fingerprint density at radius 3 is 2.71 bits per heavy atom. The summed E-state index contributed by atoms with van der Waals surface area (Å²) in [5, 5.41) is 8.94. The number of halogens is 3. The molecule has 0 spiro atoms. The molecule has 0 radical (unpaired) electrons. The Labute approximate surface area is 87.9 Å². The van der Waals surface area contributed by atoms with Gasteiger partial charge in [-0.15, -0.1) is 0 Å². The van der Waals surface area contributed by atoms with Crippen molar-refractivity contribution in [2.45, 2.75) is 13.0 Å². The van der Waals surface area contributed by atoms with E-state index < -0.39 is 13.0 Å². The molecule has 3 nitrogen and oxygen atoms in total. The van der Waals surface area contributed by atoms with Crippen molar-refractivity contribution in [2.75, 3.05) is 7.11 Å². The highest BCUT2D eigenvalue weighted by Crippen LogP contribution is 2.33. The topological polar surface area (TPSA) is 42.4 Å². The molecule has 1 aromatic rings. The summed E-state index contributed by atoms with van der Waals surface area (Å²) in [4.78, 5) is 3.68. The minimum Gasteiger partial charge on any atom is -0.495 e. The fourth-order valence-corrected chi connectivity index (χ4v) is 1.60. The number of hydrogen-bond acceptors (Lipinski definition) is 3. The lowest BCUT2D eigenvalue weighted by Gasteiger charge is -2.12. The molecule has 0 aliphatic carbocycles. The second kappa shape index (κ2) is 4.65. The number of ether oxygens (including phenoxy) is 1. The van der Waals surface area contributed by atoms with Crippen LogP contribution in [0.5, 0.6) is 5.75 Å². The summed E-state index contributed by atoms with van der Waals surface area (Å²) < 4.78 is 29.9. The third-order valence-electron chi connectivity index (χ3n) is 1.74. The van der Waals surface area contributed by atoms with Crippen LogP contribution in [-0.4, -0.2) is 17.2 Å². The average Bonchev–Trinajstić information content (AvgIpc) is 2.16. The highest BCUT2D eigenvalue weighted by molar-refractivity contribution is 9.10. The molecule has 0 bridgehead atoms. The molecular weight excluding hydrogens is 260 g/mol. The molecule has 1 rings (SSSR count). The Morgan fingerprint density at radius 1 is 1.64 bits per heavy atom. The van der Waals surface area contributed by atoms with Crippen LogP contribution in [0, 0.1) is 0 Å². The molecular formula is C8H8BrF2NO2. The molecule has 1 N–H and O–H groups in total. The number of aromatic nitrogens is 1. The average molecular weight is 268 g/mol. The van der Waals surface area contributed by atoms with Crippen molar-refractivity contribution < 1.29 is 18.6 Å². The van der Waals surface area contributed by atoms with E-state index in [9.17, 15) is 8.78 Å². The van der Waals surface area contributed by atoms with Crippen molar-refractivity contribution >= 4 is 15.9 Å². The Hall–Kier alpha value is -0.750. The van der Waals surface area contributed by atoms with Gasteiger partial charge in [0.05, 0.1) is 25.5 Å². The maximum Gasteiger partial charge on any atom is 0.266 e. The van der Waals surface area contributed by atoms with Gasteiger partial charge in [0.25, 0.3) is 6.43 Å². The van der Waals surface area contributed by atoms with Gasteiger partial charge in [0, 0.05) is 5.56 Å². The first-order valence-corrected chi connectivity index (χ1v) is 4.51. The molecule has 0 saturated carbocycles. The zero-order valence-electron chi connectivity index (χ0n) is 7.30. The lowest BCUT2D eigenvalue weighted by atomic mass is 10.1. The van der Waals surface area contributed by atoms with Crippen LogP contribution in [0.1, 0.15) is 17.6 Å². The number of alkyl halides is 2. The first kappa shape index (κ1) is 11.3. The Balaban J connectivity index is 3.35. The van der Waals surface area contributed by atoms with Crippen LogP contribution < -0.4 is 4.74 Å². The van der Waals surface area contributed by atoms with Crippen LogP contribution >= 0.6 is 15.9 Å². The summed E-state index contributed by atoms with van der Waals surface area (Å²) in [7, 11) is 1.33. The summed E-state index contributed by atoms with van der Waals surface area (Å²) in [6.07, 6.45) is -1.42. The van der Waals surface area contributed by atoms with Crippen LogP contribution in [-0.2, 0) is 6.61 Å². The van der Waals surface area contributed by atoms with Crippen molar-refractivity contribution in [3.63, 3.8) is 0 Å². The molecule has 14 heavy (non-hydrogen) atoms. The predicted octanol–water partition coefficient (Wildman–Crippen LogP) is 2.28. The van der Waals surface area contributed by atoms with Crippen molar-refractivity contribution in [3.8, 4) is 5.75 Å². The largest absolute Gasteiger partial charge is 0.495 e. The molecule has 1 heterocycles. The zero-order chi connectivity index (χ0) is 10.7. The minimum absolute atomic E-state index is 0.0253.